The lowest BCUT2D eigenvalue weighted by Crippen LogP contribution is -2.39. The largest absolute Gasteiger partial charge is 0.407 e. The summed E-state index contributed by atoms with van der Waals surface area (Å²) < 4.78 is 5.72. The molecule has 142 valence electrons. The van der Waals surface area contributed by atoms with Crippen molar-refractivity contribution in [1.29, 1.82) is 5.26 Å². The first-order valence-corrected chi connectivity index (χ1v) is 10.0. The van der Waals surface area contributed by atoms with Gasteiger partial charge in [-0.3, -0.25) is 4.98 Å². The van der Waals surface area contributed by atoms with Gasteiger partial charge in [0.1, 0.15) is 11.9 Å². The van der Waals surface area contributed by atoms with Crippen molar-refractivity contribution in [3.8, 4) is 6.07 Å². The Kier molecular flexibility index (Phi) is 5.68. The summed E-state index contributed by atoms with van der Waals surface area (Å²) in [5.41, 5.74) is 0.613. The number of hydrogen-bond donors (Lipinski definition) is 1. The van der Waals surface area contributed by atoms with E-state index in [0.717, 1.165) is 36.6 Å². The quantitative estimate of drug-likeness (QED) is 0.633. The van der Waals surface area contributed by atoms with E-state index in [2.05, 4.69) is 36.5 Å². The zero-order chi connectivity index (χ0) is 19.2. The van der Waals surface area contributed by atoms with Gasteiger partial charge in [-0.25, -0.2) is 4.98 Å². The summed E-state index contributed by atoms with van der Waals surface area (Å²) in [4.78, 5) is 11.6. The van der Waals surface area contributed by atoms with Crippen molar-refractivity contribution in [3.63, 3.8) is 0 Å². The molecule has 3 aromatic rings. The summed E-state index contributed by atoms with van der Waals surface area (Å²) in [7, 11) is 0. The maximum atomic E-state index is 9.25. The van der Waals surface area contributed by atoms with Gasteiger partial charge in [0.2, 0.25) is 5.89 Å². The van der Waals surface area contributed by atoms with Crippen LogP contribution in [0.5, 0.6) is 0 Å². The highest BCUT2D eigenvalue weighted by Gasteiger charge is 2.23. The third-order valence-corrected chi connectivity index (χ3v) is 5.50. The molecule has 0 radical (unpaired) electrons. The minimum Gasteiger partial charge on any atom is -0.407 e. The highest BCUT2D eigenvalue weighted by Crippen LogP contribution is 2.24. The van der Waals surface area contributed by atoms with Crippen LogP contribution in [0.15, 0.2) is 52.2 Å². The molecule has 3 aromatic heterocycles. The van der Waals surface area contributed by atoms with E-state index in [4.69, 9.17) is 4.42 Å². The molecule has 0 aliphatic carbocycles. The Labute approximate surface area is 167 Å². The maximum Gasteiger partial charge on any atom is 0.315 e. The van der Waals surface area contributed by atoms with E-state index in [9.17, 15) is 5.26 Å². The fraction of sp³-hybridized carbons (Fsp3) is 0.316. The molecule has 0 bridgehead atoms. The Hall–Kier alpha value is -3.12. The standard InChI is InChI=1S/C19H19N7OS/c20-12-14-2-1-7-22-18(14)26-10-5-15(6-11-26)23-19-25-24-17(27-19)13-28-16-3-8-21-9-4-16/h1-4,7-9,15H,5-6,10-11,13H2,(H,23,25). The normalized spacial score (nSPS) is 14.6. The summed E-state index contributed by atoms with van der Waals surface area (Å²) in [5.74, 6) is 1.97. The summed E-state index contributed by atoms with van der Waals surface area (Å²) in [6, 6.07) is 10.4. The van der Waals surface area contributed by atoms with Crippen molar-refractivity contribution >= 4 is 23.6 Å². The van der Waals surface area contributed by atoms with Gasteiger partial charge < -0.3 is 14.6 Å². The van der Waals surface area contributed by atoms with Crippen LogP contribution in [0.2, 0.25) is 0 Å². The van der Waals surface area contributed by atoms with Gasteiger partial charge in [0.25, 0.3) is 0 Å². The molecule has 1 aliphatic rings. The molecule has 4 rings (SSSR count). The zero-order valence-electron chi connectivity index (χ0n) is 15.2. The Bertz CT molecular complexity index is 948. The number of hydrogen-bond acceptors (Lipinski definition) is 9. The summed E-state index contributed by atoms with van der Waals surface area (Å²) >= 11 is 1.63. The molecule has 9 heteroatoms. The molecule has 1 N–H and O–H groups in total. The minimum atomic E-state index is 0.256. The first-order valence-electron chi connectivity index (χ1n) is 9.03. The zero-order valence-corrected chi connectivity index (χ0v) is 16.0. The molecule has 1 aliphatic heterocycles. The van der Waals surface area contributed by atoms with E-state index in [-0.39, 0.29) is 6.04 Å². The molecule has 4 heterocycles. The highest BCUT2D eigenvalue weighted by molar-refractivity contribution is 7.98. The maximum absolute atomic E-state index is 9.25. The van der Waals surface area contributed by atoms with Crippen LogP contribution in [0.3, 0.4) is 0 Å². The van der Waals surface area contributed by atoms with E-state index in [0.29, 0.717) is 23.2 Å². The van der Waals surface area contributed by atoms with Crippen molar-refractivity contribution in [3.05, 3.63) is 54.3 Å². The van der Waals surface area contributed by atoms with Crippen molar-refractivity contribution in [2.45, 2.75) is 29.5 Å². The molecule has 0 saturated carbocycles. The average Bonchev–Trinajstić information content (AvgIpc) is 3.21. The van der Waals surface area contributed by atoms with E-state index < -0.39 is 0 Å². The second-order valence-electron chi connectivity index (χ2n) is 6.36. The predicted molar refractivity (Wildman–Crippen MR) is 106 cm³/mol. The number of pyridine rings is 2. The summed E-state index contributed by atoms with van der Waals surface area (Å²) in [6.45, 7) is 1.64. The SMILES string of the molecule is N#Cc1cccnc1N1CCC(Nc2nnc(CSc3ccncc3)o2)CC1. The average molecular weight is 393 g/mol. The number of nitrogens with one attached hydrogen (secondary N) is 1. The van der Waals surface area contributed by atoms with Crippen LogP contribution in [-0.4, -0.2) is 39.3 Å². The van der Waals surface area contributed by atoms with E-state index >= 15 is 0 Å². The van der Waals surface area contributed by atoms with Crippen molar-refractivity contribution in [2.75, 3.05) is 23.3 Å². The molecular formula is C19H19N7OS. The van der Waals surface area contributed by atoms with Gasteiger partial charge >= 0.3 is 6.01 Å². The lowest BCUT2D eigenvalue weighted by Gasteiger charge is -2.33. The smallest absolute Gasteiger partial charge is 0.315 e. The van der Waals surface area contributed by atoms with E-state index in [1.807, 2.05) is 12.1 Å². The van der Waals surface area contributed by atoms with Gasteiger partial charge in [0.05, 0.1) is 11.3 Å². The minimum absolute atomic E-state index is 0.256. The van der Waals surface area contributed by atoms with E-state index in [1.54, 1.807) is 42.5 Å². The third-order valence-electron chi connectivity index (χ3n) is 4.51. The number of aromatic nitrogens is 4. The lowest BCUT2D eigenvalue weighted by atomic mass is 10.0. The topological polar surface area (TPSA) is 104 Å². The summed E-state index contributed by atoms with van der Waals surface area (Å²) in [5, 5.41) is 20.8. The molecule has 1 fully saturated rings. The first kappa shape index (κ1) is 18.3. The first-order chi connectivity index (χ1) is 13.8. The van der Waals surface area contributed by atoms with Gasteiger partial charge in [-0.15, -0.1) is 16.9 Å². The molecule has 8 nitrogen and oxygen atoms in total. The number of nitriles is 1. The van der Waals surface area contributed by atoms with Crippen molar-refractivity contribution < 1.29 is 4.42 Å². The lowest BCUT2D eigenvalue weighted by molar-refractivity contribution is 0.483. The van der Waals surface area contributed by atoms with Crippen LogP contribution >= 0.6 is 11.8 Å². The Balaban J connectivity index is 1.28. The fourth-order valence-corrected chi connectivity index (χ4v) is 3.82. The van der Waals surface area contributed by atoms with Gasteiger partial charge in [-0.2, -0.15) is 5.26 Å². The number of anilines is 2. The fourth-order valence-electron chi connectivity index (χ4n) is 3.10. The van der Waals surface area contributed by atoms with Gasteiger partial charge in [-0.05, 0) is 37.1 Å². The molecule has 0 spiro atoms. The second kappa shape index (κ2) is 8.71. The second-order valence-corrected chi connectivity index (χ2v) is 7.41. The predicted octanol–water partition coefficient (Wildman–Crippen LogP) is 3.10. The molecule has 28 heavy (non-hydrogen) atoms. The van der Waals surface area contributed by atoms with Crippen LogP contribution in [0.4, 0.5) is 11.8 Å². The van der Waals surface area contributed by atoms with Crippen LogP contribution < -0.4 is 10.2 Å². The number of thioether (sulfide) groups is 1. The summed E-state index contributed by atoms with van der Waals surface area (Å²) in [6.07, 6.45) is 7.07. The Morgan fingerprint density at radius 2 is 2.00 bits per heavy atom. The van der Waals surface area contributed by atoms with Crippen LogP contribution in [-0.2, 0) is 5.75 Å². The number of piperidine rings is 1. The number of nitrogens with zero attached hydrogens (tertiary/aromatic N) is 6. The number of rotatable bonds is 6. The molecule has 0 aromatic carbocycles. The molecule has 0 unspecified atom stereocenters. The van der Waals surface area contributed by atoms with Gasteiger partial charge in [0, 0.05) is 42.6 Å². The van der Waals surface area contributed by atoms with Crippen LogP contribution in [0.1, 0.15) is 24.3 Å². The molecule has 0 amide bonds. The van der Waals surface area contributed by atoms with Crippen molar-refractivity contribution in [1.82, 2.24) is 20.2 Å². The molecule has 1 saturated heterocycles. The molecular weight excluding hydrogens is 374 g/mol. The van der Waals surface area contributed by atoms with Crippen LogP contribution in [0.25, 0.3) is 0 Å². The highest BCUT2D eigenvalue weighted by atomic mass is 32.2. The van der Waals surface area contributed by atoms with Crippen molar-refractivity contribution in [2.24, 2.45) is 0 Å². The van der Waals surface area contributed by atoms with Gasteiger partial charge in [0.15, 0.2) is 0 Å². The Morgan fingerprint density at radius 1 is 1.18 bits per heavy atom. The van der Waals surface area contributed by atoms with Gasteiger partial charge in [-0.1, -0.05) is 5.10 Å². The monoisotopic (exact) mass is 393 g/mol. The van der Waals surface area contributed by atoms with Crippen LogP contribution in [0, 0.1) is 11.3 Å². The Morgan fingerprint density at radius 3 is 2.79 bits per heavy atom. The third kappa shape index (κ3) is 4.40. The molecule has 0 atom stereocenters. The van der Waals surface area contributed by atoms with E-state index in [1.165, 1.54) is 0 Å².